The lowest BCUT2D eigenvalue weighted by atomic mass is 9.97. The number of amides is 1. The lowest BCUT2D eigenvalue weighted by Crippen LogP contribution is -2.37. The van der Waals surface area contributed by atoms with Crippen LogP contribution in [0.4, 0.5) is 4.39 Å². The summed E-state index contributed by atoms with van der Waals surface area (Å²) in [5, 5.41) is 2.83. The minimum Gasteiger partial charge on any atom is -0.352 e. The van der Waals surface area contributed by atoms with E-state index in [0.29, 0.717) is 12.5 Å². The Hall–Kier alpha value is -1.42. The molecule has 1 aliphatic rings. The van der Waals surface area contributed by atoms with E-state index in [1.807, 2.05) is 0 Å². The summed E-state index contributed by atoms with van der Waals surface area (Å²) in [4.78, 5) is 14.1. The molecule has 1 heterocycles. The molecule has 0 bridgehead atoms. The number of hydrogen-bond donors (Lipinski definition) is 1. The van der Waals surface area contributed by atoms with Gasteiger partial charge in [-0.3, -0.25) is 4.79 Å². The quantitative estimate of drug-likeness (QED) is 0.888. The Bertz CT molecular complexity index is 414. The van der Waals surface area contributed by atoms with E-state index in [1.165, 1.54) is 12.1 Å². The molecule has 0 unspecified atom stereocenters. The van der Waals surface area contributed by atoms with Gasteiger partial charge in [-0.1, -0.05) is 12.1 Å². The standard InChI is InChI=1S/C14H19FN2O/c1-17-8-6-11(7-9-17)10-16-14(18)12-4-2-3-5-13(12)15/h2-5,11H,6-10H2,1H3,(H,16,18). The largest absolute Gasteiger partial charge is 0.352 e. The topological polar surface area (TPSA) is 32.3 Å². The SMILES string of the molecule is CN1CCC(CNC(=O)c2ccccc2F)CC1. The van der Waals surface area contributed by atoms with Crippen LogP contribution in [0.2, 0.25) is 0 Å². The highest BCUT2D eigenvalue weighted by Gasteiger charge is 2.18. The van der Waals surface area contributed by atoms with E-state index in [0.717, 1.165) is 25.9 Å². The maximum atomic E-state index is 13.4. The summed E-state index contributed by atoms with van der Waals surface area (Å²) in [6, 6.07) is 6.08. The maximum absolute atomic E-state index is 13.4. The van der Waals surface area contributed by atoms with E-state index >= 15 is 0 Å². The summed E-state index contributed by atoms with van der Waals surface area (Å²) < 4.78 is 13.4. The zero-order chi connectivity index (χ0) is 13.0. The van der Waals surface area contributed by atoms with Crippen molar-refractivity contribution >= 4 is 5.91 Å². The number of carbonyl (C=O) groups is 1. The lowest BCUT2D eigenvalue weighted by molar-refractivity contribution is 0.0935. The lowest BCUT2D eigenvalue weighted by Gasteiger charge is -2.28. The van der Waals surface area contributed by atoms with Crippen molar-refractivity contribution in [2.24, 2.45) is 5.92 Å². The second-order valence-electron chi connectivity index (χ2n) is 4.94. The van der Waals surface area contributed by atoms with Crippen LogP contribution in [0.1, 0.15) is 23.2 Å². The van der Waals surface area contributed by atoms with Gasteiger partial charge in [-0.2, -0.15) is 0 Å². The molecular weight excluding hydrogens is 231 g/mol. The third-order valence-electron chi connectivity index (χ3n) is 3.51. The Labute approximate surface area is 107 Å². The molecule has 0 atom stereocenters. The number of nitrogens with zero attached hydrogens (tertiary/aromatic N) is 1. The zero-order valence-corrected chi connectivity index (χ0v) is 10.7. The number of nitrogens with one attached hydrogen (secondary N) is 1. The Morgan fingerprint density at radius 1 is 1.39 bits per heavy atom. The van der Waals surface area contributed by atoms with Gasteiger partial charge in [0.2, 0.25) is 0 Å². The first-order chi connectivity index (χ1) is 8.66. The molecule has 1 aromatic carbocycles. The van der Waals surface area contributed by atoms with Gasteiger partial charge in [0.15, 0.2) is 0 Å². The second kappa shape index (κ2) is 5.96. The predicted octanol–water partition coefficient (Wildman–Crippen LogP) is 1.90. The number of hydrogen-bond acceptors (Lipinski definition) is 2. The maximum Gasteiger partial charge on any atom is 0.254 e. The van der Waals surface area contributed by atoms with Gasteiger partial charge >= 0.3 is 0 Å². The van der Waals surface area contributed by atoms with Crippen molar-refractivity contribution in [1.82, 2.24) is 10.2 Å². The molecule has 98 valence electrons. The second-order valence-corrected chi connectivity index (χ2v) is 4.94. The average molecular weight is 250 g/mol. The third-order valence-corrected chi connectivity index (χ3v) is 3.51. The minimum absolute atomic E-state index is 0.130. The molecular formula is C14H19FN2O. The highest BCUT2D eigenvalue weighted by Crippen LogP contribution is 2.15. The fraction of sp³-hybridized carbons (Fsp3) is 0.500. The molecule has 0 spiro atoms. The van der Waals surface area contributed by atoms with E-state index < -0.39 is 5.82 Å². The fourth-order valence-electron chi connectivity index (χ4n) is 2.24. The van der Waals surface area contributed by atoms with Gasteiger partial charge in [0, 0.05) is 6.54 Å². The van der Waals surface area contributed by atoms with E-state index in [1.54, 1.807) is 12.1 Å². The Morgan fingerprint density at radius 3 is 2.72 bits per heavy atom. The summed E-state index contributed by atoms with van der Waals surface area (Å²) in [7, 11) is 2.11. The van der Waals surface area contributed by atoms with E-state index in [4.69, 9.17) is 0 Å². The number of benzene rings is 1. The van der Waals surface area contributed by atoms with Crippen LogP contribution < -0.4 is 5.32 Å². The molecule has 1 aliphatic heterocycles. The number of likely N-dealkylation sites (tertiary alicyclic amines) is 1. The van der Waals surface area contributed by atoms with Crippen molar-refractivity contribution in [1.29, 1.82) is 0 Å². The first-order valence-electron chi connectivity index (χ1n) is 6.38. The molecule has 1 fully saturated rings. The molecule has 1 amide bonds. The Kier molecular flexibility index (Phi) is 4.31. The smallest absolute Gasteiger partial charge is 0.254 e. The van der Waals surface area contributed by atoms with Crippen molar-refractivity contribution in [3.8, 4) is 0 Å². The zero-order valence-electron chi connectivity index (χ0n) is 10.7. The molecule has 1 aromatic rings. The van der Waals surface area contributed by atoms with Gasteiger partial charge in [0.1, 0.15) is 5.82 Å². The Morgan fingerprint density at radius 2 is 2.06 bits per heavy atom. The first kappa shape index (κ1) is 13.0. The number of carbonyl (C=O) groups excluding carboxylic acids is 1. The van der Waals surface area contributed by atoms with Gasteiger partial charge < -0.3 is 10.2 Å². The molecule has 0 aromatic heterocycles. The van der Waals surface area contributed by atoms with Gasteiger partial charge in [-0.05, 0) is 51.0 Å². The highest BCUT2D eigenvalue weighted by atomic mass is 19.1. The number of rotatable bonds is 3. The summed E-state index contributed by atoms with van der Waals surface area (Å²) in [5.74, 6) is -0.262. The van der Waals surface area contributed by atoms with Gasteiger partial charge in [-0.15, -0.1) is 0 Å². The third kappa shape index (κ3) is 3.29. The molecule has 1 N–H and O–H groups in total. The predicted molar refractivity (Wildman–Crippen MR) is 69.0 cm³/mol. The van der Waals surface area contributed by atoms with Crippen molar-refractivity contribution in [3.05, 3.63) is 35.6 Å². The normalized spacial score (nSPS) is 17.7. The first-order valence-corrected chi connectivity index (χ1v) is 6.38. The number of halogens is 1. The minimum atomic E-state index is -0.460. The van der Waals surface area contributed by atoms with E-state index in [9.17, 15) is 9.18 Å². The van der Waals surface area contributed by atoms with Crippen LogP contribution in [0.25, 0.3) is 0 Å². The highest BCUT2D eigenvalue weighted by molar-refractivity contribution is 5.94. The number of piperidine rings is 1. The van der Waals surface area contributed by atoms with Crippen molar-refractivity contribution in [2.45, 2.75) is 12.8 Å². The summed E-state index contributed by atoms with van der Waals surface area (Å²) >= 11 is 0. The summed E-state index contributed by atoms with van der Waals surface area (Å²) in [5.41, 5.74) is 0.130. The van der Waals surface area contributed by atoms with Crippen LogP contribution in [0.5, 0.6) is 0 Å². The van der Waals surface area contributed by atoms with Crippen LogP contribution in [0, 0.1) is 11.7 Å². The van der Waals surface area contributed by atoms with Crippen LogP contribution in [-0.4, -0.2) is 37.5 Å². The van der Waals surface area contributed by atoms with E-state index in [2.05, 4.69) is 17.3 Å². The monoisotopic (exact) mass is 250 g/mol. The van der Waals surface area contributed by atoms with E-state index in [-0.39, 0.29) is 11.5 Å². The van der Waals surface area contributed by atoms with Crippen molar-refractivity contribution in [2.75, 3.05) is 26.7 Å². The van der Waals surface area contributed by atoms with Crippen molar-refractivity contribution in [3.63, 3.8) is 0 Å². The fourth-order valence-corrected chi connectivity index (χ4v) is 2.24. The van der Waals surface area contributed by atoms with Crippen LogP contribution >= 0.6 is 0 Å². The van der Waals surface area contributed by atoms with Gasteiger partial charge in [0.05, 0.1) is 5.56 Å². The Balaban J connectivity index is 1.84. The van der Waals surface area contributed by atoms with Crippen LogP contribution in [0.3, 0.4) is 0 Å². The molecule has 3 nitrogen and oxygen atoms in total. The van der Waals surface area contributed by atoms with Crippen LogP contribution in [0.15, 0.2) is 24.3 Å². The summed E-state index contributed by atoms with van der Waals surface area (Å²) in [6.45, 7) is 2.78. The van der Waals surface area contributed by atoms with Gasteiger partial charge in [0.25, 0.3) is 5.91 Å². The molecule has 2 rings (SSSR count). The van der Waals surface area contributed by atoms with Crippen LogP contribution in [-0.2, 0) is 0 Å². The molecule has 4 heteroatoms. The molecule has 0 aliphatic carbocycles. The average Bonchev–Trinajstić information content (AvgIpc) is 2.38. The molecule has 0 saturated carbocycles. The molecule has 18 heavy (non-hydrogen) atoms. The summed E-state index contributed by atoms with van der Waals surface area (Å²) in [6.07, 6.45) is 2.18. The van der Waals surface area contributed by atoms with Gasteiger partial charge in [-0.25, -0.2) is 4.39 Å². The molecule has 1 saturated heterocycles. The van der Waals surface area contributed by atoms with Crippen molar-refractivity contribution < 1.29 is 9.18 Å². The molecule has 0 radical (unpaired) electrons.